The molecule has 3 N–H and O–H groups in total. The Labute approximate surface area is 109 Å². The molecule has 6 heteroatoms. The van der Waals surface area contributed by atoms with E-state index in [1.807, 2.05) is 30.3 Å². The number of esters is 1. The van der Waals surface area contributed by atoms with Crippen LogP contribution in [-0.4, -0.2) is 31.8 Å². The third-order valence-corrected chi connectivity index (χ3v) is 3.95. The van der Waals surface area contributed by atoms with E-state index in [1.165, 1.54) is 7.11 Å². The lowest BCUT2D eigenvalue weighted by atomic mass is 10.3. The van der Waals surface area contributed by atoms with Gasteiger partial charge in [-0.3, -0.25) is 9.88 Å². The molecule has 2 atom stereocenters. The second-order valence-corrected chi connectivity index (χ2v) is 5.31. The first-order valence-electron chi connectivity index (χ1n) is 5.72. The van der Waals surface area contributed by atoms with Crippen LogP contribution in [0.1, 0.15) is 6.92 Å². The van der Waals surface area contributed by atoms with Crippen molar-refractivity contribution < 1.29 is 14.1 Å². The average Bonchev–Trinajstić information content (AvgIpc) is 2.39. The van der Waals surface area contributed by atoms with Gasteiger partial charge >= 0.3 is 5.97 Å². The first-order chi connectivity index (χ1) is 8.67. The number of para-hydroxylation sites is 1. The van der Waals surface area contributed by atoms with Gasteiger partial charge in [0.25, 0.3) is 0 Å². The van der Waals surface area contributed by atoms with Crippen molar-refractivity contribution in [3.8, 4) is 5.75 Å². The lowest BCUT2D eigenvalue weighted by Crippen LogP contribution is -2.33. The molecule has 5 nitrogen and oxygen atoms in total. The van der Waals surface area contributed by atoms with Crippen molar-refractivity contribution in [3.63, 3.8) is 0 Å². The largest absolute Gasteiger partial charge is 0.468 e. The van der Waals surface area contributed by atoms with Crippen LogP contribution in [0.25, 0.3) is 0 Å². The molecular formula is C12H19N2O3P. The van der Waals surface area contributed by atoms with E-state index in [0.29, 0.717) is 12.7 Å². The van der Waals surface area contributed by atoms with Crippen LogP contribution in [0.15, 0.2) is 30.3 Å². The number of nitrogens with one attached hydrogen (secondary N) is 1. The zero-order valence-electron chi connectivity index (χ0n) is 10.6. The Kier molecular flexibility index (Phi) is 6.65. The molecule has 0 saturated carbocycles. The summed E-state index contributed by atoms with van der Waals surface area (Å²) in [6, 6.07) is 9.05. The minimum absolute atomic E-state index is 0.309. The van der Waals surface area contributed by atoms with E-state index in [4.69, 9.17) is 10.3 Å². The van der Waals surface area contributed by atoms with Gasteiger partial charge in [-0.25, -0.2) is 0 Å². The highest BCUT2D eigenvalue weighted by molar-refractivity contribution is 7.50. The maximum Gasteiger partial charge on any atom is 0.322 e. The Morgan fingerprint density at radius 1 is 1.44 bits per heavy atom. The molecule has 0 aliphatic heterocycles. The number of rotatable bonds is 7. The van der Waals surface area contributed by atoms with E-state index >= 15 is 0 Å². The Morgan fingerprint density at radius 2 is 2.11 bits per heavy atom. The van der Waals surface area contributed by atoms with E-state index in [9.17, 15) is 4.79 Å². The Bertz CT molecular complexity index is 362. The smallest absolute Gasteiger partial charge is 0.322 e. The summed E-state index contributed by atoms with van der Waals surface area (Å²) in [4.78, 5) is 11.3. The van der Waals surface area contributed by atoms with Crippen LogP contribution in [0.5, 0.6) is 5.75 Å². The van der Waals surface area contributed by atoms with Crippen molar-refractivity contribution >= 4 is 14.3 Å². The van der Waals surface area contributed by atoms with Crippen LogP contribution in [-0.2, 0) is 9.53 Å². The summed E-state index contributed by atoms with van der Waals surface area (Å²) in [6.07, 6.45) is 0.672. The highest BCUT2D eigenvalue weighted by Gasteiger charge is 2.19. The topological polar surface area (TPSA) is 73.6 Å². The number of ether oxygens (including phenoxy) is 1. The molecule has 0 fully saturated rings. The second-order valence-electron chi connectivity index (χ2n) is 3.67. The monoisotopic (exact) mass is 270 g/mol. The zero-order chi connectivity index (χ0) is 13.4. The summed E-state index contributed by atoms with van der Waals surface area (Å²) >= 11 is 0. The Morgan fingerprint density at radius 3 is 2.67 bits per heavy atom. The number of hydrogen-bond acceptors (Lipinski definition) is 5. The minimum Gasteiger partial charge on any atom is -0.468 e. The first kappa shape index (κ1) is 14.9. The van der Waals surface area contributed by atoms with Gasteiger partial charge in [-0.05, 0) is 19.1 Å². The summed E-state index contributed by atoms with van der Waals surface area (Å²) in [7, 11) is 0.374. The van der Waals surface area contributed by atoms with Crippen LogP contribution < -0.4 is 15.3 Å². The van der Waals surface area contributed by atoms with Gasteiger partial charge in [-0.1, -0.05) is 18.2 Å². The normalized spacial score (nSPS) is 13.7. The average molecular weight is 270 g/mol. The molecule has 1 aromatic rings. The summed E-state index contributed by atoms with van der Waals surface area (Å²) in [5.74, 6) is 0.456. The highest BCUT2D eigenvalue weighted by atomic mass is 31.2. The summed E-state index contributed by atoms with van der Waals surface area (Å²) in [5.41, 5.74) is 5.55. The van der Waals surface area contributed by atoms with Gasteiger partial charge in [0, 0.05) is 12.7 Å². The van der Waals surface area contributed by atoms with E-state index in [0.717, 1.165) is 5.75 Å². The number of nitrogens with two attached hydrogens (primary N) is 1. The third-order valence-electron chi connectivity index (χ3n) is 2.18. The lowest BCUT2D eigenvalue weighted by molar-refractivity contribution is -0.142. The SMILES string of the molecule is COC(=O)C(C)NP(CCN)Oc1ccccc1. The predicted octanol–water partition coefficient (Wildman–Crippen LogP) is 1.49. The van der Waals surface area contributed by atoms with Gasteiger partial charge in [0.15, 0.2) is 8.30 Å². The summed E-state index contributed by atoms with van der Waals surface area (Å²) < 4.78 is 10.4. The van der Waals surface area contributed by atoms with Crippen molar-refractivity contribution in [3.05, 3.63) is 30.3 Å². The second kappa shape index (κ2) is 8.03. The van der Waals surface area contributed by atoms with Crippen molar-refractivity contribution in [1.29, 1.82) is 0 Å². The Balaban J connectivity index is 2.57. The maximum atomic E-state index is 11.3. The van der Waals surface area contributed by atoms with Crippen LogP contribution in [0.3, 0.4) is 0 Å². The summed E-state index contributed by atoms with van der Waals surface area (Å²) in [6.45, 7) is 2.24. The standard InChI is InChI=1S/C12H19N2O3P/c1-10(12(15)16-2)14-18(9-8-13)17-11-6-4-3-5-7-11/h3-7,10,14H,8-9,13H2,1-2H3. The fourth-order valence-corrected chi connectivity index (χ4v) is 2.73. The van der Waals surface area contributed by atoms with Crippen molar-refractivity contribution in [2.24, 2.45) is 5.73 Å². The number of methoxy groups -OCH3 is 1. The molecule has 0 amide bonds. The van der Waals surface area contributed by atoms with Gasteiger partial charge in [0.2, 0.25) is 0 Å². The van der Waals surface area contributed by atoms with Gasteiger partial charge in [0.1, 0.15) is 11.8 Å². The number of carbonyl (C=O) groups is 1. The van der Waals surface area contributed by atoms with Crippen molar-refractivity contribution in [1.82, 2.24) is 5.09 Å². The first-order valence-corrected chi connectivity index (χ1v) is 7.16. The van der Waals surface area contributed by atoms with Crippen LogP contribution in [0, 0.1) is 0 Å². The molecule has 1 aromatic carbocycles. The molecule has 0 aliphatic rings. The quantitative estimate of drug-likeness (QED) is 0.580. The molecule has 0 aromatic heterocycles. The molecule has 2 unspecified atom stereocenters. The van der Waals surface area contributed by atoms with E-state index < -0.39 is 14.3 Å². The minimum atomic E-state index is -0.990. The fourth-order valence-electron chi connectivity index (χ4n) is 1.31. The molecule has 1 rings (SSSR count). The molecule has 0 aliphatic carbocycles. The number of benzene rings is 1. The molecule has 100 valence electrons. The van der Waals surface area contributed by atoms with E-state index in [2.05, 4.69) is 9.82 Å². The van der Waals surface area contributed by atoms with Gasteiger partial charge < -0.3 is 15.0 Å². The van der Waals surface area contributed by atoms with Crippen LogP contribution >= 0.6 is 8.30 Å². The predicted molar refractivity (Wildman–Crippen MR) is 72.5 cm³/mol. The van der Waals surface area contributed by atoms with Crippen LogP contribution in [0.2, 0.25) is 0 Å². The lowest BCUT2D eigenvalue weighted by Gasteiger charge is -2.21. The molecule has 0 saturated heterocycles. The van der Waals surface area contributed by atoms with Gasteiger partial charge in [-0.2, -0.15) is 0 Å². The molecule has 0 heterocycles. The fraction of sp³-hybridized carbons (Fsp3) is 0.417. The number of hydrogen-bond donors (Lipinski definition) is 2. The van der Waals surface area contributed by atoms with Crippen molar-refractivity contribution in [2.45, 2.75) is 13.0 Å². The third kappa shape index (κ3) is 5.00. The van der Waals surface area contributed by atoms with E-state index in [-0.39, 0.29) is 5.97 Å². The maximum absolute atomic E-state index is 11.3. The van der Waals surface area contributed by atoms with Gasteiger partial charge in [-0.15, -0.1) is 0 Å². The summed E-state index contributed by atoms with van der Waals surface area (Å²) in [5, 5.41) is 3.11. The Hall–Kier alpha value is -1.16. The van der Waals surface area contributed by atoms with E-state index in [1.54, 1.807) is 6.92 Å². The zero-order valence-corrected chi connectivity index (χ0v) is 11.5. The number of carbonyl (C=O) groups excluding carboxylic acids is 1. The molecular weight excluding hydrogens is 251 g/mol. The molecule has 18 heavy (non-hydrogen) atoms. The van der Waals surface area contributed by atoms with Crippen molar-refractivity contribution in [2.75, 3.05) is 19.8 Å². The molecule has 0 bridgehead atoms. The van der Waals surface area contributed by atoms with Crippen LogP contribution in [0.4, 0.5) is 0 Å². The highest BCUT2D eigenvalue weighted by Crippen LogP contribution is 2.33. The molecule has 0 spiro atoms. The van der Waals surface area contributed by atoms with Gasteiger partial charge in [0.05, 0.1) is 7.11 Å². The molecule has 0 radical (unpaired) electrons.